The second-order valence-electron chi connectivity index (χ2n) is 3.79. The van der Waals surface area contributed by atoms with Gasteiger partial charge in [-0.05, 0) is 23.8 Å². The molecule has 0 saturated carbocycles. The van der Waals surface area contributed by atoms with Crippen molar-refractivity contribution < 1.29 is 4.74 Å². The fourth-order valence-corrected chi connectivity index (χ4v) is 2.27. The molecule has 0 spiro atoms. The summed E-state index contributed by atoms with van der Waals surface area (Å²) < 4.78 is 6.35. The van der Waals surface area contributed by atoms with Gasteiger partial charge >= 0.3 is 0 Å². The van der Waals surface area contributed by atoms with E-state index in [4.69, 9.17) is 16.3 Å². The van der Waals surface area contributed by atoms with Crippen LogP contribution in [0.25, 0.3) is 0 Å². The highest BCUT2D eigenvalue weighted by molar-refractivity contribution is 9.10. The molecule has 1 aromatic carbocycles. The minimum Gasteiger partial charge on any atom is -0.379 e. The number of hydrogen-bond acceptors (Lipinski definition) is 2. The molecular formula is C11H13BrClNO. The van der Waals surface area contributed by atoms with E-state index in [0.717, 1.165) is 29.1 Å². The Morgan fingerprint density at radius 3 is 2.93 bits per heavy atom. The molecule has 0 N–H and O–H groups in total. The maximum atomic E-state index is 5.95. The first-order valence-electron chi connectivity index (χ1n) is 4.88. The largest absolute Gasteiger partial charge is 0.379 e. The number of benzene rings is 1. The lowest BCUT2D eigenvalue weighted by atomic mass is 10.1. The van der Waals surface area contributed by atoms with Crippen LogP contribution in [0.2, 0.25) is 5.02 Å². The first-order chi connectivity index (χ1) is 7.19. The van der Waals surface area contributed by atoms with Gasteiger partial charge in [-0.2, -0.15) is 0 Å². The van der Waals surface area contributed by atoms with Crippen LogP contribution in [0.1, 0.15) is 5.56 Å². The molecule has 0 radical (unpaired) electrons. The number of rotatable bonds is 3. The lowest BCUT2D eigenvalue weighted by molar-refractivity contribution is -0.0334. The predicted molar refractivity (Wildman–Crippen MR) is 65.2 cm³/mol. The van der Waals surface area contributed by atoms with Crippen molar-refractivity contribution in [2.75, 3.05) is 20.2 Å². The molecule has 0 amide bonds. The topological polar surface area (TPSA) is 12.5 Å². The number of halogens is 2. The molecule has 1 aliphatic heterocycles. The third kappa shape index (κ3) is 2.72. The average Bonchev–Trinajstić information content (AvgIpc) is 2.16. The SMILES string of the molecule is COC1CN(Cc2cc(Cl)ccc2Br)C1. The fourth-order valence-electron chi connectivity index (χ4n) is 1.71. The van der Waals surface area contributed by atoms with Gasteiger partial charge in [0.1, 0.15) is 0 Å². The van der Waals surface area contributed by atoms with Crippen molar-refractivity contribution in [3.63, 3.8) is 0 Å². The number of methoxy groups -OCH3 is 1. The van der Waals surface area contributed by atoms with E-state index in [2.05, 4.69) is 20.8 Å². The Balaban J connectivity index is 1.97. The van der Waals surface area contributed by atoms with Gasteiger partial charge in [0.25, 0.3) is 0 Å². The summed E-state index contributed by atoms with van der Waals surface area (Å²) >= 11 is 9.48. The zero-order valence-corrected chi connectivity index (χ0v) is 10.9. The molecule has 2 nitrogen and oxygen atoms in total. The third-order valence-electron chi connectivity index (χ3n) is 2.66. The number of nitrogens with zero attached hydrogens (tertiary/aromatic N) is 1. The van der Waals surface area contributed by atoms with Crippen LogP contribution in [0, 0.1) is 0 Å². The standard InChI is InChI=1S/C11H13BrClNO/c1-15-10-6-14(7-10)5-8-4-9(13)2-3-11(8)12/h2-4,10H,5-7H2,1H3. The van der Waals surface area contributed by atoms with Gasteiger partial charge in [-0.25, -0.2) is 0 Å². The summed E-state index contributed by atoms with van der Waals surface area (Å²) in [6, 6.07) is 5.89. The molecule has 0 aromatic heterocycles. The van der Waals surface area contributed by atoms with Crippen LogP contribution in [0.15, 0.2) is 22.7 Å². The number of hydrogen-bond donors (Lipinski definition) is 0. The predicted octanol–water partition coefficient (Wildman–Crippen LogP) is 2.93. The van der Waals surface area contributed by atoms with Gasteiger partial charge in [-0.15, -0.1) is 0 Å². The summed E-state index contributed by atoms with van der Waals surface area (Å²) in [4.78, 5) is 2.34. The molecule has 82 valence electrons. The number of likely N-dealkylation sites (tertiary alicyclic amines) is 1. The second kappa shape index (κ2) is 4.83. The van der Waals surface area contributed by atoms with Crippen LogP contribution in [-0.2, 0) is 11.3 Å². The van der Waals surface area contributed by atoms with E-state index >= 15 is 0 Å². The molecule has 2 rings (SSSR count). The molecule has 15 heavy (non-hydrogen) atoms. The highest BCUT2D eigenvalue weighted by Crippen LogP contribution is 2.24. The summed E-state index contributed by atoms with van der Waals surface area (Å²) in [6.07, 6.45) is 0.406. The van der Waals surface area contributed by atoms with Crippen LogP contribution in [-0.4, -0.2) is 31.2 Å². The van der Waals surface area contributed by atoms with Gasteiger partial charge in [0.2, 0.25) is 0 Å². The Bertz CT molecular complexity index is 352. The molecule has 1 aromatic rings. The van der Waals surface area contributed by atoms with Gasteiger partial charge in [0, 0.05) is 36.2 Å². The normalized spacial score (nSPS) is 17.8. The fraction of sp³-hybridized carbons (Fsp3) is 0.455. The van der Waals surface area contributed by atoms with Crippen molar-refractivity contribution >= 4 is 27.5 Å². The summed E-state index contributed by atoms with van der Waals surface area (Å²) in [6.45, 7) is 2.95. The van der Waals surface area contributed by atoms with Crippen molar-refractivity contribution in [3.8, 4) is 0 Å². The van der Waals surface area contributed by atoms with Crippen molar-refractivity contribution in [2.45, 2.75) is 12.6 Å². The summed E-state index contributed by atoms with van der Waals surface area (Å²) in [7, 11) is 1.76. The van der Waals surface area contributed by atoms with Crippen LogP contribution in [0.4, 0.5) is 0 Å². The molecule has 0 unspecified atom stereocenters. The lowest BCUT2D eigenvalue weighted by Crippen LogP contribution is -2.50. The zero-order valence-electron chi connectivity index (χ0n) is 8.54. The molecule has 1 heterocycles. The lowest BCUT2D eigenvalue weighted by Gasteiger charge is -2.38. The van der Waals surface area contributed by atoms with Crippen LogP contribution >= 0.6 is 27.5 Å². The maximum Gasteiger partial charge on any atom is 0.0825 e. The quantitative estimate of drug-likeness (QED) is 0.849. The minimum atomic E-state index is 0.406. The van der Waals surface area contributed by atoms with Crippen molar-refractivity contribution in [1.29, 1.82) is 0 Å². The highest BCUT2D eigenvalue weighted by Gasteiger charge is 2.26. The smallest absolute Gasteiger partial charge is 0.0825 e. The monoisotopic (exact) mass is 289 g/mol. The molecule has 0 bridgehead atoms. The summed E-state index contributed by atoms with van der Waals surface area (Å²) in [5.41, 5.74) is 1.23. The van der Waals surface area contributed by atoms with Crippen LogP contribution < -0.4 is 0 Å². The van der Waals surface area contributed by atoms with E-state index in [-0.39, 0.29) is 0 Å². The molecule has 0 atom stereocenters. The van der Waals surface area contributed by atoms with Crippen molar-refractivity contribution in [2.24, 2.45) is 0 Å². The number of ether oxygens (including phenoxy) is 1. The van der Waals surface area contributed by atoms with Gasteiger partial charge in [0.15, 0.2) is 0 Å². The van der Waals surface area contributed by atoms with E-state index in [1.807, 2.05) is 18.2 Å². The Hall–Kier alpha value is -0.0900. The van der Waals surface area contributed by atoms with Crippen LogP contribution in [0.5, 0.6) is 0 Å². The van der Waals surface area contributed by atoms with E-state index in [9.17, 15) is 0 Å². The Kier molecular flexibility index (Phi) is 3.67. The highest BCUT2D eigenvalue weighted by atomic mass is 79.9. The zero-order chi connectivity index (χ0) is 10.8. The first kappa shape index (κ1) is 11.4. The average molecular weight is 291 g/mol. The van der Waals surface area contributed by atoms with Crippen molar-refractivity contribution in [1.82, 2.24) is 4.90 Å². The molecule has 0 aliphatic carbocycles. The van der Waals surface area contributed by atoms with E-state index in [1.54, 1.807) is 7.11 Å². The first-order valence-corrected chi connectivity index (χ1v) is 6.05. The minimum absolute atomic E-state index is 0.406. The van der Waals surface area contributed by atoms with Crippen molar-refractivity contribution in [3.05, 3.63) is 33.3 Å². The van der Waals surface area contributed by atoms with E-state index in [0.29, 0.717) is 6.10 Å². The maximum absolute atomic E-state index is 5.95. The molecular weight excluding hydrogens is 277 g/mol. The van der Waals surface area contributed by atoms with E-state index in [1.165, 1.54) is 5.56 Å². The molecule has 1 fully saturated rings. The Morgan fingerprint density at radius 2 is 2.27 bits per heavy atom. The van der Waals surface area contributed by atoms with Gasteiger partial charge in [-0.1, -0.05) is 27.5 Å². The van der Waals surface area contributed by atoms with Crippen LogP contribution in [0.3, 0.4) is 0 Å². The van der Waals surface area contributed by atoms with E-state index < -0.39 is 0 Å². The summed E-state index contributed by atoms with van der Waals surface area (Å²) in [5.74, 6) is 0. The second-order valence-corrected chi connectivity index (χ2v) is 5.08. The van der Waals surface area contributed by atoms with Gasteiger partial charge < -0.3 is 4.74 Å². The Labute approximate surface area is 103 Å². The Morgan fingerprint density at radius 1 is 1.53 bits per heavy atom. The third-order valence-corrected chi connectivity index (χ3v) is 3.67. The van der Waals surface area contributed by atoms with Gasteiger partial charge in [-0.3, -0.25) is 4.90 Å². The van der Waals surface area contributed by atoms with Gasteiger partial charge in [0.05, 0.1) is 6.10 Å². The molecule has 4 heteroatoms. The molecule has 1 saturated heterocycles. The summed E-state index contributed by atoms with van der Waals surface area (Å²) in [5, 5.41) is 0.789. The molecule has 1 aliphatic rings.